The van der Waals surface area contributed by atoms with Crippen LogP contribution in [0, 0.1) is 5.41 Å². The number of benzene rings is 2. The van der Waals surface area contributed by atoms with Gasteiger partial charge in [0.05, 0.1) is 26.9 Å². The first-order chi connectivity index (χ1) is 14.2. The van der Waals surface area contributed by atoms with E-state index in [1.165, 1.54) is 5.56 Å². The van der Waals surface area contributed by atoms with Crippen molar-refractivity contribution in [3.63, 3.8) is 0 Å². The second kappa shape index (κ2) is 10.6. The summed E-state index contributed by atoms with van der Waals surface area (Å²) in [4.78, 5) is 2.45. The van der Waals surface area contributed by atoms with E-state index in [-0.39, 0.29) is 12.0 Å². The van der Waals surface area contributed by atoms with E-state index < -0.39 is 0 Å². The molecule has 1 atom stereocenters. The molecule has 0 aliphatic carbocycles. The fourth-order valence-corrected chi connectivity index (χ4v) is 4.22. The monoisotopic (exact) mass is 399 g/mol. The van der Waals surface area contributed by atoms with Gasteiger partial charge >= 0.3 is 0 Å². The maximum Gasteiger partial charge on any atom is 0.124 e. The van der Waals surface area contributed by atoms with Crippen LogP contribution < -0.4 is 9.47 Å². The van der Waals surface area contributed by atoms with Crippen molar-refractivity contribution in [2.75, 3.05) is 40.5 Å². The molecule has 0 saturated carbocycles. The quantitative estimate of drug-likeness (QED) is 0.657. The summed E-state index contributed by atoms with van der Waals surface area (Å²) < 4.78 is 16.6. The highest BCUT2D eigenvalue weighted by Crippen LogP contribution is 2.34. The summed E-state index contributed by atoms with van der Waals surface area (Å²) in [5, 5.41) is 10.2. The van der Waals surface area contributed by atoms with Crippen LogP contribution in [0.15, 0.2) is 48.5 Å². The third-order valence-electron chi connectivity index (χ3n) is 5.77. The van der Waals surface area contributed by atoms with Crippen molar-refractivity contribution in [1.82, 2.24) is 4.90 Å². The summed E-state index contributed by atoms with van der Waals surface area (Å²) in [5.41, 5.74) is 2.20. The number of hydrogen-bond donors (Lipinski definition) is 1. The largest absolute Gasteiger partial charge is 0.496 e. The highest BCUT2D eigenvalue weighted by Gasteiger charge is 2.35. The van der Waals surface area contributed by atoms with E-state index in [2.05, 4.69) is 17.0 Å². The molecule has 1 N–H and O–H groups in total. The Bertz CT molecular complexity index is 752. The van der Waals surface area contributed by atoms with E-state index in [0.29, 0.717) is 13.2 Å². The van der Waals surface area contributed by atoms with Crippen LogP contribution in [0.5, 0.6) is 11.5 Å². The predicted molar refractivity (Wildman–Crippen MR) is 114 cm³/mol. The molecule has 2 aromatic carbocycles. The van der Waals surface area contributed by atoms with Crippen molar-refractivity contribution >= 4 is 0 Å². The second-order valence-electron chi connectivity index (χ2n) is 7.96. The Labute approximate surface area is 174 Å². The number of aliphatic hydroxyl groups excluding tert-OH is 1. The molecule has 0 bridgehead atoms. The number of rotatable bonds is 10. The molecule has 1 aliphatic rings. The van der Waals surface area contributed by atoms with Gasteiger partial charge in [0.1, 0.15) is 11.5 Å². The average molecular weight is 400 g/mol. The van der Waals surface area contributed by atoms with Crippen molar-refractivity contribution in [3.8, 4) is 11.5 Å². The Hall–Kier alpha value is -2.08. The number of piperidine rings is 1. The lowest BCUT2D eigenvalue weighted by Gasteiger charge is -2.42. The van der Waals surface area contributed by atoms with Crippen molar-refractivity contribution in [3.05, 3.63) is 59.7 Å². The van der Waals surface area contributed by atoms with Gasteiger partial charge in [-0.25, -0.2) is 0 Å². The van der Waals surface area contributed by atoms with Gasteiger partial charge in [-0.2, -0.15) is 0 Å². The van der Waals surface area contributed by atoms with Crippen LogP contribution in [0.25, 0.3) is 0 Å². The Morgan fingerprint density at radius 2 is 1.93 bits per heavy atom. The minimum absolute atomic E-state index is 0.102. The van der Waals surface area contributed by atoms with Crippen molar-refractivity contribution < 1.29 is 19.3 Å². The number of ether oxygens (including phenoxy) is 3. The molecule has 0 unspecified atom stereocenters. The van der Waals surface area contributed by atoms with Gasteiger partial charge in [0, 0.05) is 31.2 Å². The number of para-hydroxylation sites is 1. The molecule has 5 heteroatoms. The van der Waals surface area contributed by atoms with Crippen LogP contribution in [0.4, 0.5) is 0 Å². The third-order valence-corrected chi connectivity index (χ3v) is 5.77. The van der Waals surface area contributed by atoms with E-state index in [1.807, 2.05) is 36.4 Å². The van der Waals surface area contributed by atoms with Crippen molar-refractivity contribution in [2.45, 2.75) is 32.4 Å². The molecular weight excluding hydrogens is 366 g/mol. The van der Waals surface area contributed by atoms with Crippen LogP contribution in [0.3, 0.4) is 0 Å². The van der Waals surface area contributed by atoms with Gasteiger partial charge in [0.15, 0.2) is 0 Å². The van der Waals surface area contributed by atoms with Gasteiger partial charge < -0.3 is 19.3 Å². The molecular formula is C24H33NO4. The zero-order valence-electron chi connectivity index (χ0n) is 17.6. The standard InChI is InChI=1S/C24H33NO4/c1-27-17-21-15-20(9-10-23(21)28-2)16-25-13-6-11-24(18-25,19-26)12-14-29-22-7-4-3-5-8-22/h3-5,7-10,15,26H,6,11-14,16-19H2,1-2H3/t24-/m1/s1. The van der Waals surface area contributed by atoms with E-state index >= 15 is 0 Å². The lowest BCUT2D eigenvalue weighted by Crippen LogP contribution is -2.45. The molecule has 2 aromatic rings. The minimum Gasteiger partial charge on any atom is -0.496 e. The van der Waals surface area contributed by atoms with E-state index in [9.17, 15) is 5.11 Å². The number of hydrogen-bond acceptors (Lipinski definition) is 5. The number of nitrogens with zero attached hydrogens (tertiary/aromatic N) is 1. The topological polar surface area (TPSA) is 51.2 Å². The summed E-state index contributed by atoms with van der Waals surface area (Å²) in [5.74, 6) is 1.74. The molecule has 1 fully saturated rings. The van der Waals surface area contributed by atoms with E-state index in [4.69, 9.17) is 14.2 Å². The molecule has 1 aliphatic heterocycles. The van der Waals surface area contributed by atoms with Crippen LogP contribution >= 0.6 is 0 Å². The lowest BCUT2D eigenvalue weighted by molar-refractivity contribution is 0.0128. The zero-order valence-corrected chi connectivity index (χ0v) is 17.6. The first-order valence-corrected chi connectivity index (χ1v) is 10.3. The Morgan fingerprint density at radius 3 is 2.66 bits per heavy atom. The molecule has 3 rings (SSSR count). The average Bonchev–Trinajstić information content (AvgIpc) is 2.75. The van der Waals surface area contributed by atoms with Crippen LogP contribution in [-0.4, -0.2) is 50.5 Å². The molecule has 158 valence electrons. The number of aliphatic hydroxyl groups is 1. The molecule has 0 aromatic heterocycles. The van der Waals surface area contributed by atoms with E-state index in [0.717, 1.165) is 56.0 Å². The first-order valence-electron chi connectivity index (χ1n) is 10.3. The van der Waals surface area contributed by atoms with Crippen LogP contribution in [0.2, 0.25) is 0 Å². The highest BCUT2D eigenvalue weighted by molar-refractivity contribution is 5.37. The van der Waals surface area contributed by atoms with Crippen molar-refractivity contribution in [2.24, 2.45) is 5.41 Å². The summed E-state index contributed by atoms with van der Waals surface area (Å²) >= 11 is 0. The number of likely N-dealkylation sites (tertiary alicyclic amines) is 1. The molecule has 0 amide bonds. The maximum absolute atomic E-state index is 10.2. The maximum atomic E-state index is 10.2. The van der Waals surface area contributed by atoms with Gasteiger partial charge in [-0.05, 0) is 55.6 Å². The van der Waals surface area contributed by atoms with Gasteiger partial charge in [0.2, 0.25) is 0 Å². The fourth-order valence-electron chi connectivity index (χ4n) is 4.22. The number of methoxy groups -OCH3 is 2. The normalized spacial score (nSPS) is 19.8. The summed E-state index contributed by atoms with van der Waals surface area (Å²) in [6, 6.07) is 16.2. The van der Waals surface area contributed by atoms with E-state index in [1.54, 1.807) is 14.2 Å². The Balaban J connectivity index is 1.60. The minimum atomic E-state index is -0.102. The lowest BCUT2D eigenvalue weighted by atomic mass is 9.78. The van der Waals surface area contributed by atoms with Gasteiger partial charge in [-0.3, -0.25) is 4.90 Å². The molecule has 5 nitrogen and oxygen atoms in total. The summed E-state index contributed by atoms with van der Waals surface area (Å²) in [6.07, 6.45) is 2.98. The summed E-state index contributed by atoms with van der Waals surface area (Å²) in [6.45, 7) is 4.15. The Morgan fingerprint density at radius 1 is 1.10 bits per heavy atom. The van der Waals surface area contributed by atoms with Gasteiger partial charge in [-0.15, -0.1) is 0 Å². The molecule has 1 heterocycles. The van der Waals surface area contributed by atoms with Crippen molar-refractivity contribution in [1.29, 1.82) is 0 Å². The molecule has 0 radical (unpaired) electrons. The Kier molecular flexibility index (Phi) is 7.92. The zero-order chi connectivity index (χ0) is 20.5. The second-order valence-corrected chi connectivity index (χ2v) is 7.96. The highest BCUT2D eigenvalue weighted by atomic mass is 16.5. The SMILES string of the molecule is COCc1cc(CN2CCC[C@@](CO)(CCOc3ccccc3)C2)ccc1OC. The molecule has 29 heavy (non-hydrogen) atoms. The molecule has 0 spiro atoms. The summed E-state index contributed by atoms with van der Waals surface area (Å²) in [7, 11) is 3.38. The molecule has 1 saturated heterocycles. The predicted octanol–water partition coefficient (Wildman–Crippen LogP) is 3.89. The first kappa shape index (κ1) is 21.6. The van der Waals surface area contributed by atoms with Crippen LogP contribution in [-0.2, 0) is 17.9 Å². The fraction of sp³-hybridized carbons (Fsp3) is 0.500. The third kappa shape index (κ3) is 5.95. The van der Waals surface area contributed by atoms with Crippen LogP contribution in [0.1, 0.15) is 30.4 Å². The van der Waals surface area contributed by atoms with Gasteiger partial charge in [0.25, 0.3) is 0 Å². The van der Waals surface area contributed by atoms with Gasteiger partial charge in [-0.1, -0.05) is 24.3 Å². The smallest absolute Gasteiger partial charge is 0.124 e.